The number of hydrogen-bond acceptors (Lipinski definition) is 7. The van der Waals surface area contributed by atoms with Gasteiger partial charge in [0.2, 0.25) is 5.96 Å². The standard InChI is InChI=1S/C26H30ClN5O5/c1-14-11-16(12-19(27)21(14)28)13-32(25(34)36-26(3,4)5)24(29)30-23(33)20-15(2)37-31-22(20)17-7-9-18(35-6)10-8-17/h7-12H,13,28H2,1-6H3,(H2,29,30,33). The Kier molecular flexibility index (Phi) is 8.12. The molecule has 0 aliphatic heterocycles. The molecule has 0 fully saturated rings. The van der Waals surface area contributed by atoms with Crippen LogP contribution in [0.3, 0.4) is 0 Å². The maximum absolute atomic E-state index is 13.3. The summed E-state index contributed by atoms with van der Waals surface area (Å²) in [5, 5.41) is 4.34. The molecule has 0 bridgehead atoms. The molecular weight excluding hydrogens is 498 g/mol. The summed E-state index contributed by atoms with van der Waals surface area (Å²) in [4.78, 5) is 31.4. The van der Waals surface area contributed by atoms with E-state index in [1.165, 1.54) is 0 Å². The van der Waals surface area contributed by atoms with Crippen molar-refractivity contribution in [2.75, 3.05) is 12.8 Å². The maximum Gasteiger partial charge on any atom is 0.417 e. The third-order valence-electron chi connectivity index (χ3n) is 5.28. The number of ether oxygens (including phenoxy) is 2. The summed E-state index contributed by atoms with van der Waals surface area (Å²) < 4.78 is 16.0. The van der Waals surface area contributed by atoms with Crippen molar-refractivity contribution >= 4 is 35.2 Å². The van der Waals surface area contributed by atoms with Crippen LogP contribution in [0.5, 0.6) is 5.75 Å². The minimum absolute atomic E-state index is 0.0632. The Balaban J connectivity index is 1.99. The fraction of sp³-hybridized carbons (Fsp3) is 0.308. The molecule has 1 aromatic heterocycles. The van der Waals surface area contributed by atoms with E-state index in [0.29, 0.717) is 27.6 Å². The lowest BCUT2D eigenvalue weighted by Gasteiger charge is -2.27. The van der Waals surface area contributed by atoms with Crippen molar-refractivity contribution in [2.45, 2.75) is 46.8 Å². The number of carbonyl (C=O) groups is 2. The van der Waals surface area contributed by atoms with E-state index in [-0.39, 0.29) is 29.5 Å². The lowest BCUT2D eigenvalue weighted by atomic mass is 10.1. The molecule has 4 N–H and O–H groups in total. The lowest BCUT2D eigenvalue weighted by Crippen LogP contribution is -2.44. The van der Waals surface area contributed by atoms with E-state index in [0.717, 1.165) is 10.5 Å². The van der Waals surface area contributed by atoms with Gasteiger partial charge in [-0.25, -0.2) is 9.69 Å². The van der Waals surface area contributed by atoms with Crippen molar-refractivity contribution in [1.29, 1.82) is 0 Å². The highest BCUT2D eigenvalue weighted by Crippen LogP contribution is 2.28. The molecule has 0 radical (unpaired) electrons. The van der Waals surface area contributed by atoms with Gasteiger partial charge in [-0.2, -0.15) is 4.99 Å². The number of hydrogen-bond donors (Lipinski definition) is 2. The van der Waals surface area contributed by atoms with E-state index in [1.54, 1.807) is 78.1 Å². The smallest absolute Gasteiger partial charge is 0.417 e. The molecule has 0 atom stereocenters. The average Bonchev–Trinajstić information content (AvgIpc) is 3.21. The number of amides is 2. The van der Waals surface area contributed by atoms with Gasteiger partial charge in [-0.3, -0.25) is 4.79 Å². The van der Waals surface area contributed by atoms with Crippen molar-refractivity contribution in [2.24, 2.45) is 10.7 Å². The first-order valence-electron chi connectivity index (χ1n) is 11.3. The van der Waals surface area contributed by atoms with Crippen LogP contribution >= 0.6 is 11.6 Å². The molecule has 11 heteroatoms. The second kappa shape index (κ2) is 10.9. The molecule has 0 aliphatic carbocycles. The van der Waals surface area contributed by atoms with Crippen LogP contribution < -0.4 is 16.2 Å². The van der Waals surface area contributed by atoms with Gasteiger partial charge < -0.3 is 25.5 Å². The fourth-order valence-electron chi connectivity index (χ4n) is 3.45. The first-order chi connectivity index (χ1) is 17.3. The molecule has 2 amide bonds. The summed E-state index contributed by atoms with van der Waals surface area (Å²) in [7, 11) is 1.55. The van der Waals surface area contributed by atoms with Gasteiger partial charge in [0, 0.05) is 5.56 Å². The van der Waals surface area contributed by atoms with Crippen LogP contribution in [0.4, 0.5) is 10.5 Å². The maximum atomic E-state index is 13.3. The van der Waals surface area contributed by atoms with E-state index in [9.17, 15) is 9.59 Å². The van der Waals surface area contributed by atoms with Crippen LogP contribution in [0.15, 0.2) is 45.9 Å². The molecule has 10 nitrogen and oxygen atoms in total. The van der Waals surface area contributed by atoms with Gasteiger partial charge in [0.15, 0.2) is 0 Å². The molecule has 196 valence electrons. The highest BCUT2D eigenvalue weighted by molar-refractivity contribution is 6.33. The van der Waals surface area contributed by atoms with Crippen molar-refractivity contribution in [1.82, 2.24) is 10.1 Å². The van der Waals surface area contributed by atoms with Crippen molar-refractivity contribution in [3.05, 3.63) is 63.9 Å². The molecule has 0 aliphatic rings. The quantitative estimate of drug-likeness (QED) is 0.265. The minimum atomic E-state index is -0.819. The van der Waals surface area contributed by atoms with Crippen LogP contribution in [0.2, 0.25) is 5.02 Å². The van der Waals surface area contributed by atoms with Gasteiger partial charge in [0.25, 0.3) is 5.91 Å². The van der Waals surface area contributed by atoms with E-state index >= 15 is 0 Å². The normalized spacial score (nSPS) is 11.8. The van der Waals surface area contributed by atoms with Gasteiger partial charge in [-0.15, -0.1) is 0 Å². The predicted octanol–water partition coefficient (Wildman–Crippen LogP) is 5.09. The number of nitrogens with two attached hydrogens (primary N) is 2. The van der Waals surface area contributed by atoms with Crippen LogP contribution in [-0.4, -0.2) is 40.7 Å². The van der Waals surface area contributed by atoms with Crippen LogP contribution in [0.1, 0.15) is 48.0 Å². The SMILES string of the molecule is COc1ccc(-c2noc(C)c2C(=O)N=C(N)N(Cc2cc(C)c(N)c(Cl)c2)C(=O)OC(C)(C)C)cc1. The highest BCUT2D eigenvalue weighted by Gasteiger charge is 2.28. The Labute approximate surface area is 220 Å². The number of benzene rings is 2. The summed E-state index contributed by atoms with van der Waals surface area (Å²) in [6, 6.07) is 10.3. The molecule has 0 spiro atoms. The van der Waals surface area contributed by atoms with Crippen LogP contribution in [0, 0.1) is 13.8 Å². The van der Waals surface area contributed by atoms with Crippen molar-refractivity contribution < 1.29 is 23.6 Å². The number of methoxy groups -OCH3 is 1. The molecule has 37 heavy (non-hydrogen) atoms. The predicted molar refractivity (Wildman–Crippen MR) is 142 cm³/mol. The molecule has 3 rings (SSSR count). The molecule has 3 aromatic rings. The Morgan fingerprint density at radius 2 is 1.81 bits per heavy atom. The number of aromatic nitrogens is 1. The van der Waals surface area contributed by atoms with Gasteiger partial charge in [-0.1, -0.05) is 22.8 Å². The number of halogens is 1. The largest absolute Gasteiger partial charge is 0.497 e. The zero-order valence-electron chi connectivity index (χ0n) is 21.6. The molecule has 2 aromatic carbocycles. The van der Waals surface area contributed by atoms with Gasteiger partial charge in [0.05, 0.1) is 24.4 Å². The first kappa shape index (κ1) is 27.5. The number of aliphatic imine (C=N–C) groups is 1. The van der Waals surface area contributed by atoms with Crippen molar-refractivity contribution in [3.63, 3.8) is 0 Å². The number of nitrogen functional groups attached to an aromatic ring is 1. The van der Waals surface area contributed by atoms with E-state index in [4.69, 9.17) is 37.1 Å². The second-order valence-corrected chi connectivity index (χ2v) is 9.75. The summed E-state index contributed by atoms with van der Waals surface area (Å²) >= 11 is 6.23. The van der Waals surface area contributed by atoms with Gasteiger partial charge in [0.1, 0.15) is 28.4 Å². The Bertz CT molecular complexity index is 1320. The minimum Gasteiger partial charge on any atom is -0.497 e. The fourth-order valence-corrected chi connectivity index (χ4v) is 3.74. The molecule has 1 heterocycles. The number of rotatable bonds is 5. The average molecular weight is 528 g/mol. The third-order valence-corrected chi connectivity index (χ3v) is 5.60. The van der Waals surface area contributed by atoms with Crippen LogP contribution in [0.25, 0.3) is 11.3 Å². The monoisotopic (exact) mass is 527 g/mol. The first-order valence-corrected chi connectivity index (χ1v) is 11.7. The summed E-state index contributed by atoms with van der Waals surface area (Å²) in [6.45, 7) is 8.46. The lowest BCUT2D eigenvalue weighted by molar-refractivity contribution is 0.0357. The third kappa shape index (κ3) is 6.59. The van der Waals surface area contributed by atoms with E-state index in [2.05, 4.69) is 10.1 Å². The zero-order chi connectivity index (χ0) is 27.5. The number of carbonyl (C=O) groups excluding carboxylic acids is 2. The van der Waals surface area contributed by atoms with Crippen molar-refractivity contribution in [3.8, 4) is 17.0 Å². The Morgan fingerprint density at radius 3 is 2.38 bits per heavy atom. The highest BCUT2D eigenvalue weighted by atomic mass is 35.5. The summed E-state index contributed by atoms with van der Waals surface area (Å²) in [5.41, 5.74) is 14.1. The Morgan fingerprint density at radius 1 is 1.16 bits per heavy atom. The number of guanidine groups is 1. The summed E-state index contributed by atoms with van der Waals surface area (Å²) in [6.07, 6.45) is -0.787. The molecule has 0 unspecified atom stereocenters. The number of aryl methyl sites for hydroxylation is 2. The zero-order valence-corrected chi connectivity index (χ0v) is 22.3. The van der Waals surface area contributed by atoms with E-state index in [1.807, 2.05) is 0 Å². The van der Waals surface area contributed by atoms with Gasteiger partial charge >= 0.3 is 6.09 Å². The van der Waals surface area contributed by atoms with E-state index < -0.39 is 17.6 Å². The Hall–Kier alpha value is -4.05. The van der Waals surface area contributed by atoms with Gasteiger partial charge in [-0.05, 0) is 76.1 Å². The second-order valence-electron chi connectivity index (χ2n) is 9.34. The molecule has 0 saturated carbocycles. The van der Waals surface area contributed by atoms with Crippen LogP contribution in [-0.2, 0) is 11.3 Å². The molecular formula is C26H30ClN5O5. The topological polar surface area (TPSA) is 146 Å². The molecule has 0 saturated heterocycles. The summed E-state index contributed by atoms with van der Waals surface area (Å²) in [5.74, 6) is -0.212. The number of nitrogens with zero attached hydrogens (tertiary/aromatic N) is 3. The number of anilines is 1.